The molecule has 2 aliphatic heterocycles. The highest BCUT2D eigenvalue weighted by molar-refractivity contribution is 6.05. The monoisotopic (exact) mass is 588 g/mol. The number of esters is 1. The van der Waals surface area contributed by atoms with Crippen molar-refractivity contribution in [3.63, 3.8) is 0 Å². The van der Waals surface area contributed by atoms with E-state index < -0.39 is 72.8 Å². The average Bonchev–Trinajstić information content (AvgIpc) is 3.00. The van der Waals surface area contributed by atoms with E-state index in [1.54, 1.807) is 26.0 Å². The van der Waals surface area contributed by atoms with Crippen molar-refractivity contribution in [1.29, 1.82) is 0 Å². The number of ether oxygens (including phenoxy) is 5. The number of methoxy groups -OCH3 is 2. The molecule has 0 saturated carbocycles. The Balaban J connectivity index is 1.85. The number of aliphatic hydroxyl groups excluding tert-OH is 1. The third-order valence-corrected chi connectivity index (χ3v) is 7.32. The van der Waals surface area contributed by atoms with Crippen LogP contribution in [0.25, 0.3) is 31.3 Å². The normalized spacial score (nSPS) is 32.3. The molecule has 2 saturated heterocycles. The zero-order chi connectivity index (χ0) is 30.8. The first-order chi connectivity index (χ1) is 20.2. The number of hydrogen-bond acceptors (Lipinski definition) is 11. The third-order valence-electron chi connectivity index (χ3n) is 7.32. The first-order valence-electron chi connectivity index (χ1n) is 12.9. The number of rotatable bonds is 11. The highest BCUT2D eigenvalue weighted by Crippen LogP contribution is 2.36. The van der Waals surface area contributed by atoms with Crippen LogP contribution in [-0.4, -0.2) is 93.4 Å². The molecule has 0 aromatic heterocycles. The molecule has 18 nitrogen and oxygen atoms in total. The summed E-state index contributed by atoms with van der Waals surface area (Å²) in [5, 5.41) is 24.8. The van der Waals surface area contributed by atoms with Crippen LogP contribution in [0.5, 0.6) is 0 Å². The van der Waals surface area contributed by atoms with E-state index in [1.165, 1.54) is 26.4 Å². The predicted molar refractivity (Wildman–Crippen MR) is 144 cm³/mol. The highest BCUT2D eigenvalue weighted by Gasteiger charge is 2.49. The van der Waals surface area contributed by atoms with E-state index in [4.69, 9.17) is 34.7 Å². The minimum atomic E-state index is -1.25. The van der Waals surface area contributed by atoms with E-state index in [0.717, 1.165) is 0 Å². The maximum Gasteiger partial charge on any atom is 0.338 e. The Morgan fingerprint density at radius 3 is 2.17 bits per heavy atom. The van der Waals surface area contributed by atoms with Crippen LogP contribution < -0.4 is 5.32 Å². The fourth-order valence-electron chi connectivity index (χ4n) is 5.04. The lowest BCUT2D eigenvalue weighted by Gasteiger charge is -2.47. The van der Waals surface area contributed by atoms with Crippen molar-refractivity contribution in [2.75, 3.05) is 27.3 Å². The average molecular weight is 589 g/mol. The zero-order valence-corrected chi connectivity index (χ0v) is 23.3. The van der Waals surface area contributed by atoms with Gasteiger partial charge in [0.2, 0.25) is 0 Å². The summed E-state index contributed by atoms with van der Waals surface area (Å²) in [4.78, 5) is 33.6. The van der Waals surface area contributed by atoms with E-state index >= 15 is 0 Å². The second-order valence-corrected chi connectivity index (χ2v) is 9.68. The number of carbonyl (C=O) groups excluding carboxylic acids is 2. The molecule has 2 heterocycles. The smallest absolute Gasteiger partial charge is 0.338 e. The molecule has 1 aromatic rings. The molecule has 0 spiro atoms. The molecule has 3 rings (SSSR count). The Morgan fingerprint density at radius 2 is 1.57 bits per heavy atom. The second kappa shape index (κ2) is 15.2. The summed E-state index contributed by atoms with van der Waals surface area (Å²) < 4.78 is 28.3. The summed E-state index contributed by atoms with van der Waals surface area (Å²) in [6, 6.07) is 4.23. The van der Waals surface area contributed by atoms with E-state index in [2.05, 4.69) is 35.4 Å². The van der Waals surface area contributed by atoms with Gasteiger partial charge in [0.05, 0.1) is 55.2 Å². The van der Waals surface area contributed by atoms with Gasteiger partial charge in [0, 0.05) is 28.4 Å². The summed E-state index contributed by atoms with van der Waals surface area (Å²) in [6.07, 6.45) is -6.19. The minimum Gasteiger partial charge on any atom is -0.465 e. The first-order valence-corrected chi connectivity index (χ1v) is 12.9. The van der Waals surface area contributed by atoms with Crippen molar-refractivity contribution >= 4 is 11.9 Å². The molecule has 1 amide bonds. The van der Waals surface area contributed by atoms with Crippen LogP contribution in [0, 0.1) is 11.8 Å². The Morgan fingerprint density at radius 1 is 0.952 bits per heavy atom. The van der Waals surface area contributed by atoms with Crippen LogP contribution >= 0.6 is 0 Å². The summed E-state index contributed by atoms with van der Waals surface area (Å²) in [6.45, 7) is 2.99. The van der Waals surface area contributed by atoms with Gasteiger partial charge in [-0.05, 0) is 40.6 Å². The molecule has 0 aliphatic carbocycles. The fourth-order valence-corrected chi connectivity index (χ4v) is 5.04. The summed E-state index contributed by atoms with van der Waals surface area (Å²) in [5.41, 5.74) is 27.3. The van der Waals surface area contributed by atoms with Crippen LogP contribution in [0.2, 0.25) is 0 Å². The Hall–Kier alpha value is -4.11. The molecule has 226 valence electrons. The number of nitrogens with one attached hydrogen (secondary N) is 1. The number of nitrogens with zero attached hydrogens (tertiary/aromatic N) is 9. The topological polar surface area (TPSA) is 259 Å². The number of benzene rings is 1. The summed E-state index contributed by atoms with van der Waals surface area (Å²) in [7, 11) is 2.57. The molecule has 2 fully saturated rings. The molecule has 10 atom stereocenters. The van der Waals surface area contributed by atoms with Crippen LogP contribution in [0.4, 0.5) is 0 Å². The molecule has 0 radical (unpaired) electrons. The van der Waals surface area contributed by atoms with Crippen molar-refractivity contribution in [2.45, 2.75) is 62.9 Å². The van der Waals surface area contributed by atoms with Gasteiger partial charge >= 0.3 is 5.97 Å². The number of carbonyl (C=O) groups is 2. The molecule has 4 unspecified atom stereocenters. The molecule has 2 N–H and O–H groups in total. The van der Waals surface area contributed by atoms with Crippen LogP contribution in [-0.2, 0) is 23.7 Å². The van der Waals surface area contributed by atoms with Gasteiger partial charge in [0.15, 0.2) is 12.6 Å². The Bertz CT molecular complexity index is 1260. The van der Waals surface area contributed by atoms with Crippen molar-refractivity contribution in [1.82, 2.24) is 5.32 Å². The van der Waals surface area contributed by atoms with E-state index in [-0.39, 0.29) is 24.2 Å². The highest BCUT2D eigenvalue weighted by atomic mass is 16.7. The van der Waals surface area contributed by atoms with Gasteiger partial charge < -0.3 is 34.1 Å². The summed E-state index contributed by atoms with van der Waals surface area (Å²) >= 11 is 0. The molecule has 0 bridgehead atoms. The zero-order valence-electron chi connectivity index (χ0n) is 23.3. The molecule has 18 heteroatoms. The van der Waals surface area contributed by atoms with Gasteiger partial charge in [0.1, 0.15) is 6.10 Å². The number of hydrogen-bond donors (Lipinski definition) is 2. The van der Waals surface area contributed by atoms with Crippen molar-refractivity contribution in [2.24, 2.45) is 27.2 Å². The second-order valence-electron chi connectivity index (χ2n) is 9.68. The lowest BCUT2D eigenvalue weighted by atomic mass is 9.87. The molecular weight excluding hydrogens is 556 g/mol. The first kappa shape index (κ1) is 32.4. The quantitative estimate of drug-likeness (QED) is 0.167. The van der Waals surface area contributed by atoms with Gasteiger partial charge in [-0.25, -0.2) is 4.79 Å². The van der Waals surface area contributed by atoms with Gasteiger partial charge in [0.25, 0.3) is 5.91 Å². The van der Waals surface area contributed by atoms with E-state index in [9.17, 15) is 20.2 Å². The van der Waals surface area contributed by atoms with Crippen molar-refractivity contribution < 1.29 is 38.4 Å². The van der Waals surface area contributed by atoms with Gasteiger partial charge in [-0.3, -0.25) is 4.79 Å². The molecule has 42 heavy (non-hydrogen) atoms. The van der Waals surface area contributed by atoms with E-state index in [0.29, 0.717) is 0 Å². The summed E-state index contributed by atoms with van der Waals surface area (Å²) in [5.74, 6) is -2.55. The van der Waals surface area contributed by atoms with Crippen molar-refractivity contribution in [3.05, 3.63) is 66.7 Å². The van der Waals surface area contributed by atoms with Crippen LogP contribution in [0.1, 0.15) is 34.6 Å². The maximum atomic E-state index is 13.0. The Kier molecular flexibility index (Phi) is 11.7. The number of aliphatic hydroxyl groups is 1. The largest absolute Gasteiger partial charge is 0.465 e. The Labute approximate surface area is 240 Å². The van der Waals surface area contributed by atoms with Crippen LogP contribution in [0.3, 0.4) is 0 Å². The third kappa shape index (κ3) is 7.20. The molecular formula is C24H32N10O8. The molecule has 2 aliphatic rings. The fraction of sp³-hybridized carbons (Fsp3) is 0.667. The molecule has 1 aromatic carbocycles. The lowest BCUT2D eigenvalue weighted by Crippen LogP contribution is -2.60. The van der Waals surface area contributed by atoms with E-state index in [1.807, 2.05) is 0 Å². The van der Waals surface area contributed by atoms with Gasteiger partial charge in [-0.15, -0.1) is 0 Å². The van der Waals surface area contributed by atoms with Gasteiger partial charge in [-0.1, -0.05) is 41.3 Å². The standard InChI is InChI=1S/C24H32N10O8/c1-11-17(30-33-26)24(42-20-12(2)18(31-34-27)23(39-4)41-16(20)10-29-32-25)40-15(19(11)35)9-28-21(36)13-7-5-6-8-14(13)22(37)38-3/h5-8,11-12,15-20,23-24,35H,9-10H2,1-4H3,(H,28,36)/t11?,12?,15?,16?,17-,18-,19-,20-,23-,24+/m0/s1. The van der Waals surface area contributed by atoms with Gasteiger partial charge in [-0.2, -0.15) is 0 Å². The number of azide groups is 3. The number of amides is 1. The minimum absolute atomic E-state index is 0.0573. The maximum absolute atomic E-state index is 13.0. The lowest BCUT2D eigenvalue weighted by molar-refractivity contribution is -0.306. The van der Waals surface area contributed by atoms with Crippen LogP contribution in [0.15, 0.2) is 39.6 Å². The SMILES string of the molecule is COC(=O)c1ccccc1C(=O)NCC1O[C@H](O[C@@H]2C(CN=[N+]=[N-])O[C@H](OC)[C@@H](N=[N+]=[N-])C2C)[C@@H](N=[N+]=[N-])C(C)[C@@H]1O. The predicted octanol–water partition coefficient (Wildman–Crippen LogP) is 2.99. The van der Waals surface area contributed by atoms with Crippen molar-refractivity contribution in [3.8, 4) is 0 Å².